The second kappa shape index (κ2) is 11.6. The molecular formula is C27H32Cl2FN5O4S. The number of halogens is 3. The number of aromatic nitrogens is 3. The first kappa shape index (κ1) is 30.2. The van der Waals surface area contributed by atoms with Gasteiger partial charge in [-0.25, -0.2) is 14.2 Å². The first-order valence-corrected chi connectivity index (χ1v) is 14.3. The summed E-state index contributed by atoms with van der Waals surface area (Å²) in [5, 5.41) is 13.3. The van der Waals surface area contributed by atoms with Crippen molar-refractivity contribution in [3.63, 3.8) is 0 Å². The summed E-state index contributed by atoms with van der Waals surface area (Å²) in [4.78, 5) is 18.7. The van der Waals surface area contributed by atoms with Crippen LogP contribution in [0.2, 0.25) is 10.0 Å². The summed E-state index contributed by atoms with van der Waals surface area (Å²) in [6.07, 6.45) is 1.11. The summed E-state index contributed by atoms with van der Waals surface area (Å²) >= 11 is 14.1. The Morgan fingerprint density at radius 1 is 1.23 bits per heavy atom. The minimum Gasteiger partial charge on any atom is -0.488 e. The SMILES string of the molecule is CC(C)Nc1ncc(-c2nnc(-c3cc(F)c(OCC4COC(C)(C)N4C(=O)OC(C)(C)C)cc3Cl)s2)cc1Cl. The van der Waals surface area contributed by atoms with Crippen molar-refractivity contribution in [2.45, 2.75) is 71.9 Å². The zero-order valence-corrected chi connectivity index (χ0v) is 25.7. The third-order valence-electron chi connectivity index (χ3n) is 5.79. The molecule has 1 aromatic carbocycles. The van der Waals surface area contributed by atoms with Crippen molar-refractivity contribution in [2.24, 2.45) is 0 Å². The lowest BCUT2D eigenvalue weighted by atomic mass is 10.2. The van der Waals surface area contributed by atoms with E-state index in [9.17, 15) is 4.79 Å². The molecule has 0 saturated carbocycles. The van der Waals surface area contributed by atoms with Crippen LogP contribution < -0.4 is 10.1 Å². The Labute approximate surface area is 247 Å². The van der Waals surface area contributed by atoms with Gasteiger partial charge < -0.3 is 19.5 Å². The molecule has 216 valence electrons. The van der Waals surface area contributed by atoms with Crippen LogP contribution in [0.25, 0.3) is 21.1 Å². The van der Waals surface area contributed by atoms with E-state index in [2.05, 4.69) is 20.5 Å². The molecule has 0 spiro atoms. The molecule has 0 aliphatic carbocycles. The number of nitrogens with one attached hydrogen (secondary N) is 1. The van der Waals surface area contributed by atoms with Crippen molar-refractivity contribution in [3.8, 4) is 26.9 Å². The number of benzene rings is 1. The average Bonchev–Trinajstić information content (AvgIpc) is 3.43. The highest BCUT2D eigenvalue weighted by atomic mass is 35.5. The lowest BCUT2D eigenvalue weighted by Gasteiger charge is -2.35. The van der Waals surface area contributed by atoms with Crippen LogP contribution in [0.1, 0.15) is 48.5 Å². The number of hydrogen-bond acceptors (Lipinski definition) is 9. The van der Waals surface area contributed by atoms with Crippen LogP contribution in [0.4, 0.5) is 15.0 Å². The fraction of sp³-hybridized carbons (Fsp3) is 0.481. The van der Waals surface area contributed by atoms with Crippen molar-refractivity contribution >= 4 is 46.4 Å². The van der Waals surface area contributed by atoms with Crippen molar-refractivity contribution in [2.75, 3.05) is 18.5 Å². The Hall–Kier alpha value is -2.73. The van der Waals surface area contributed by atoms with Crippen molar-refractivity contribution in [3.05, 3.63) is 40.3 Å². The predicted octanol–water partition coefficient (Wildman–Crippen LogP) is 7.28. The number of pyridine rings is 1. The maximum Gasteiger partial charge on any atom is 0.413 e. The van der Waals surface area contributed by atoms with Crippen LogP contribution in [0.5, 0.6) is 5.75 Å². The summed E-state index contributed by atoms with van der Waals surface area (Å²) in [7, 11) is 0. The van der Waals surface area contributed by atoms with E-state index in [-0.39, 0.29) is 30.0 Å². The molecule has 1 atom stereocenters. The summed E-state index contributed by atoms with van der Waals surface area (Å²) in [6.45, 7) is 13.1. The Bertz CT molecular complexity index is 1400. The topological polar surface area (TPSA) is 98.7 Å². The summed E-state index contributed by atoms with van der Waals surface area (Å²) < 4.78 is 32.2. The number of amides is 1. The first-order chi connectivity index (χ1) is 18.6. The van der Waals surface area contributed by atoms with E-state index in [1.165, 1.54) is 28.4 Å². The second-order valence-corrected chi connectivity index (χ2v) is 12.9. The van der Waals surface area contributed by atoms with Crippen LogP contribution in [0, 0.1) is 5.82 Å². The minimum absolute atomic E-state index is 0.0202. The van der Waals surface area contributed by atoms with Crippen LogP contribution in [0.3, 0.4) is 0 Å². The normalized spacial score (nSPS) is 16.9. The van der Waals surface area contributed by atoms with E-state index >= 15 is 4.39 Å². The van der Waals surface area contributed by atoms with Gasteiger partial charge in [0.05, 0.1) is 22.7 Å². The van der Waals surface area contributed by atoms with Gasteiger partial charge >= 0.3 is 6.09 Å². The molecule has 3 aromatic rings. The molecule has 3 heterocycles. The number of hydrogen-bond donors (Lipinski definition) is 1. The van der Waals surface area contributed by atoms with Gasteiger partial charge in [-0.15, -0.1) is 10.2 Å². The monoisotopic (exact) mass is 611 g/mol. The average molecular weight is 613 g/mol. The maximum absolute atomic E-state index is 15.2. The van der Waals surface area contributed by atoms with Gasteiger partial charge in [0.25, 0.3) is 0 Å². The molecular weight excluding hydrogens is 580 g/mol. The van der Waals surface area contributed by atoms with Gasteiger partial charge in [-0.3, -0.25) is 4.90 Å². The molecule has 1 amide bonds. The molecule has 1 aliphatic heterocycles. The van der Waals surface area contributed by atoms with Gasteiger partial charge in [-0.05, 0) is 60.6 Å². The van der Waals surface area contributed by atoms with Gasteiger partial charge in [0.15, 0.2) is 11.6 Å². The van der Waals surface area contributed by atoms with E-state index in [4.69, 9.17) is 37.4 Å². The molecule has 1 N–H and O–H groups in total. The van der Waals surface area contributed by atoms with E-state index < -0.39 is 29.3 Å². The molecule has 1 aliphatic rings. The Balaban J connectivity index is 1.49. The molecule has 2 aromatic heterocycles. The Morgan fingerprint density at radius 3 is 2.58 bits per heavy atom. The largest absolute Gasteiger partial charge is 0.488 e. The van der Waals surface area contributed by atoms with Gasteiger partial charge in [0, 0.05) is 29.4 Å². The molecule has 0 bridgehead atoms. The van der Waals surface area contributed by atoms with Crippen LogP contribution in [0.15, 0.2) is 24.4 Å². The van der Waals surface area contributed by atoms with E-state index in [0.717, 1.165) is 0 Å². The van der Waals surface area contributed by atoms with Gasteiger partial charge in [0.2, 0.25) is 0 Å². The molecule has 1 fully saturated rings. The smallest absolute Gasteiger partial charge is 0.413 e. The standard InChI is InChI=1S/C27H32Cl2FN5O4S/c1-14(2)32-22-19(29)8-15(11-31-22)23-33-34-24(40-23)17-9-20(30)21(10-18(17)28)37-12-16-13-38-27(6,7)35(16)25(36)39-26(3,4)5/h8-11,14,16H,12-13H2,1-7H3,(H,31,32). The fourth-order valence-corrected chi connectivity index (χ4v) is 5.43. The number of nitrogens with zero attached hydrogens (tertiary/aromatic N) is 4. The highest BCUT2D eigenvalue weighted by Gasteiger charge is 2.46. The molecule has 1 unspecified atom stereocenters. The molecule has 1 saturated heterocycles. The molecule has 4 rings (SSSR count). The molecule has 9 nitrogen and oxygen atoms in total. The molecule has 0 radical (unpaired) electrons. The van der Waals surface area contributed by atoms with Crippen LogP contribution in [-0.2, 0) is 9.47 Å². The molecule has 40 heavy (non-hydrogen) atoms. The fourth-order valence-electron chi connectivity index (χ4n) is 4.06. The maximum atomic E-state index is 15.2. The third-order valence-corrected chi connectivity index (χ3v) is 7.39. The van der Waals surface area contributed by atoms with Crippen molar-refractivity contribution < 1.29 is 23.4 Å². The van der Waals surface area contributed by atoms with Crippen LogP contribution >= 0.6 is 34.5 Å². The summed E-state index contributed by atoms with van der Waals surface area (Å²) in [6, 6.07) is 4.07. The number of rotatable bonds is 7. The summed E-state index contributed by atoms with van der Waals surface area (Å²) in [5.74, 6) is -0.115. The molecule has 13 heteroatoms. The second-order valence-electron chi connectivity index (χ2n) is 11.1. The van der Waals surface area contributed by atoms with Crippen molar-refractivity contribution in [1.82, 2.24) is 20.1 Å². The number of ether oxygens (including phenoxy) is 3. The third kappa shape index (κ3) is 6.94. The zero-order valence-electron chi connectivity index (χ0n) is 23.3. The first-order valence-electron chi connectivity index (χ1n) is 12.7. The minimum atomic E-state index is -0.906. The van der Waals surface area contributed by atoms with E-state index in [1.807, 2.05) is 13.8 Å². The summed E-state index contributed by atoms with van der Waals surface area (Å²) in [5.41, 5.74) is -0.543. The van der Waals surface area contributed by atoms with E-state index in [1.54, 1.807) is 46.9 Å². The lowest BCUT2D eigenvalue weighted by molar-refractivity contribution is -0.0637. The number of carbonyl (C=O) groups excluding carboxylic acids is 1. The van der Waals surface area contributed by atoms with Gasteiger partial charge in [-0.2, -0.15) is 0 Å². The van der Waals surface area contributed by atoms with Crippen LogP contribution in [-0.4, -0.2) is 62.8 Å². The quantitative estimate of drug-likeness (QED) is 0.297. The Kier molecular flexibility index (Phi) is 8.79. The Morgan fingerprint density at radius 2 is 1.93 bits per heavy atom. The predicted molar refractivity (Wildman–Crippen MR) is 155 cm³/mol. The van der Waals surface area contributed by atoms with Crippen molar-refractivity contribution in [1.29, 1.82) is 0 Å². The number of carbonyl (C=O) groups is 1. The highest BCUT2D eigenvalue weighted by molar-refractivity contribution is 7.18. The number of anilines is 1. The van der Waals surface area contributed by atoms with Gasteiger partial charge in [0.1, 0.15) is 33.8 Å². The van der Waals surface area contributed by atoms with Gasteiger partial charge in [-0.1, -0.05) is 34.5 Å². The zero-order chi connectivity index (χ0) is 29.4. The van der Waals surface area contributed by atoms with E-state index in [0.29, 0.717) is 32.0 Å². The lowest BCUT2D eigenvalue weighted by Crippen LogP contribution is -2.51. The highest BCUT2D eigenvalue weighted by Crippen LogP contribution is 2.38.